The molecule has 2 aromatic rings. The molecule has 8 nitrogen and oxygen atoms in total. The Kier molecular flexibility index (Phi) is 7.46. The highest BCUT2D eigenvalue weighted by Crippen LogP contribution is 2.29. The molecule has 1 atom stereocenters. The zero-order valence-electron chi connectivity index (χ0n) is 17.1. The van der Waals surface area contributed by atoms with Gasteiger partial charge < -0.3 is 20.1 Å². The molecule has 0 saturated carbocycles. The van der Waals surface area contributed by atoms with E-state index in [1.807, 2.05) is 0 Å². The number of hydrogen-bond donors (Lipinski definition) is 3. The van der Waals surface area contributed by atoms with Crippen LogP contribution in [0.15, 0.2) is 47.4 Å². The van der Waals surface area contributed by atoms with Crippen molar-refractivity contribution in [2.45, 2.75) is 37.8 Å². The molecule has 0 spiro atoms. The van der Waals surface area contributed by atoms with Gasteiger partial charge >= 0.3 is 0 Å². The molecule has 0 aromatic heterocycles. The third-order valence-corrected chi connectivity index (χ3v) is 5.67. The van der Waals surface area contributed by atoms with Crippen molar-refractivity contribution >= 4 is 27.3 Å². The van der Waals surface area contributed by atoms with Crippen molar-refractivity contribution in [3.63, 3.8) is 0 Å². The van der Waals surface area contributed by atoms with Gasteiger partial charge in [0.2, 0.25) is 15.9 Å². The van der Waals surface area contributed by atoms with E-state index >= 15 is 0 Å². The summed E-state index contributed by atoms with van der Waals surface area (Å²) in [6.45, 7) is 5.21. The molecule has 0 unspecified atom stereocenters. The van der Waals surface area contributed by atoms with Crippen LogP contribution >= 0.6 is 0 Å². The molecular formula is C20H27N3O5S. The molecule has 29 heavy (non-hydrogen) atoms. The van der Waals surface area contributed by atoms with Gasteiger partial charge in [0.1, 0.15) is 17.5 Å². The smallest absolute Gasteiger partial charge is 0.246 e. The number of sulfonamides is 1. The van der Waals surface area contributed by atoms with E-state index in [1.54, 1.807) is 58.2 Å². The van der Waals surface area contributed by atoms with Crippen LogP contribution in [0.5, 0.6) is 11.5 Å². The molecule has 9 heteroatoms. The maximum absolute atomic E-state index is 12.5. The molecule has 0 saturated heterocycles. The molecule has 0 aliphatic rings. The minimum Gasteiger partial charge on any atom is -0.497 e. The average Bonchev–Trinajstić information content (AvgIpc) is 2.67. The van der Waals surface area contributed by atoms with Crippen molar-refractivity contribution in [1.29, 1.82) is 0 Å². The van der Waals surface area contributed by atoms with Crippen LogP contribution in [-0.4, -0.2) is 40.6 Å². The standard InChI is InChI=1S/C20H27N3O5S/c1-13(2)23-29(25,26)17-9-6-15(7-10-17)22-20(24)14(3)21-18-11-8-16(27-4)12-19(18)28-5/h6-14,21,23H,1-5H3,(H,22,24)/t14-/m0/s1. The van der Waals surface area contributed by atoms with Crippen LogP contribution in [0.3, 0.4) is 0 Å². The molecule has 0 aliphatic carbocycles. The second-order valence-corrected chi connectivity index (χ2v) is 8.44. The molecule has 0 fully saturated rings. The fourth-order valence-corrected chi connectivity index (χ4v) is 3.81. The first-order valence-electron chi connectivity index (χ1n) is 9.08. The van der Waals surface area contributed by atoms with E-state index in [0.29, 0.717) is 22.9 Å². The lowest BCUT2D eigenvalue weighted by Gasteiger charge is -2.18. The number of methoxy groups -OCH3 is 2. The number of ether oxygens (including phenoxy) is 2. The fourth-order valence-electron chi connectivity index (χ4n) is 2.56. The van der Waals surface area contributed by atoms with Crippen LogP contribution in [-0.2, 0) is 14.8 Å². The molecule has 1 amide bonds. The predicted octanol–water partition coefficient (Wildman–Crippen LogP) is 2.83. The monoisotopic (exact) mass is 421 g/mol. The number of anilines is 2. The molecule has 2 aromatic carbocycles. The normalized spacial score (nSPS) is 12.3. The van der Waals surface area contributed by atoms with Crippen molar-refractivity contribution in [2.75, 3.05) is 24.9 Å². The van der Waals surface area contributed by atoms with Crippen LogP contribution < -0.4 is 24.8 Å². The Labute approximate surface area is 171 Å². The van der Waals surface area contributed by atoms with Gasteiger partial charge in [0.25, 0.3) is 0 Å². The van der Waals surface area contributed by atoms with Gasteiger partial charge in [-0.25, -0.2) is 13.1 Å². The van der Waals surface area contributed by atoms with E-state index in [0.717, 1.165) is 0 Å². The largest absolute Gasteiger partial charge is 0.497 e. The second kappa shape index (κ2) is 9.62. The highest BCUT2D eigenvalue weighted by molar-refractivity contribution is 7.89. The van der Waals surface area contributed by atoms with Crippen LogP contribution in [0.25, 0.3) is 0 Å². The SMILES string of the molecule is COc1ccc(N[C@@H](C)C(=O)Nc2ccc(S(=O)(=O)NC(C)C)cc2)c(OC)c1. The van der Waals surface area contributed by atoms with Gasteiger partial charge in [0.15, 0.2) is 0 Å². The highest BCUT2D eigenvalue weighted by atomic mass is 32.2. The van der Waals surface area contributed by atoms with Crippen molar-refractivity contribution in [3.8, 4) is 11.5 Å². The zero-order chi connectivity index (χ0) is 21.6. The summed E-state index contributed by atoms with van der Waals surface area (Å²) in [5, 5.41) is 5.85. The molecule has 0 bridgehead atoms. The number of benzene rings is 2. The zero-order valence-corrected chi connectivity index (χ0v) is 18.0. The summed E-state index contributed by atoms with van der Waals surface area (Å²) in [5.41, 5.74) is 1.14. The van der Waals surface area contributed by atoms with E-state index in [-0.39, 0.29) is 16.8 Å². The average molecular weight is 422 g/mol. The number of carbonyl (C=O) groups excluding carboxylic acids is 1. The van der Waals surface area contributed by atoms with Crippen LogP contribution in [0.4, 0.5) is 11.4 Å². The van der Waals surface area contributed by atoms with Crippen molar-refractivity contribution < 1.29 is 22.7 Å². The van der Waals surface area contributed by atoms with Crippen LogP contribution in [0.1, 0.15) is 20.8 Å². The lowest BCUT2D eigenvalue weighted by atomic mass is 10.2. The molecule has 0 radical (unpaired) electrons. The van der Waals surface area contributed by atoms with E-state index < -0.39 is 16.1 Å². The minimum atomic E-state index is -3.57. The topological polar surface area (TPSA) is 106 Å². The Morgan fingerprint density at radius 3 is 2.17 bits per heavy atom. The quantitative estimate of drug-likeness (QED) is 0.575. The number of nitrogens with one attached hydrogen (secondary N) is 3. The van der Waals surface area contributed by atoms with Gasteiger partial charge in [-0.1, -0.05) is 0 Å². The summed E-state index contributed by atoms with van der Waals surface area (Å²) in [6, 6.07) is 10.5. The van der Waals surface area contributed by atoms with Gasteiger partial charge in [0.05, 0.1) is 24.8 Å². The number of hydrogen-bond acceptors (Lipinski definition) is 6. The first-order chi connectivity index (χ1) is 13.7. The molecule has 158 valence electrons. The first kappa shape index (κ1) is 22.5. The van der Waals surface area contributed by atoms with E-state index in [2.05, 4.69) is 15.4 Å². The van der Waals surface area contributed by atoms with E-state index in [1.165, 1.54) is 19.2 Å². The second-order valence-electron chi connectivity index (χ2n) is 6.72. The summed E-state index contributed by atoms with van der Waals surface area (Å²) in [6.07, 6.45) is 0. The van der Waals surface area contributed by atoms with Gasteiger partial charge in [-0.15, -0.1) is 0 Å². The van der Waals surface area contributed by atoms with Crippen molar-refractivity contribution in [3.05, 3.63) is 42.5 Å². The van der Waals surface area contributed by atoms with Gasteiger partial charge in [0, 0.05) is 17.8 Å². The molecular weight excluding hydrogens is 394 g/mol. The van der Waals surface area contributed by atoms with Crippen LogP contribution in [0, 0.1) is 0 Å². The molecule has 0 heterocycles. The molecule has 3 N–H and O–H groups in total. The summed E-state index contributed by atoms with van der Waals surface area (Å²) in [5.74, 6) is 0.918. The Morgan fingerprint density at radius 2 is 1.62 bits per heavy atom. The van der Waals surface area contributed by atoms with E-state index in [9.17, 15) is 13.2 Å². The summed E-state index contributed by atoms with van der Waals surface area (Å²) < 4.78 is 37.3. The number of amides is 1. The summed E-state index contributed by atoms with van der Waals surface area (Å²) in [7, 11) is -0.475. The van der Waals surface area contributed by atoms with Crippen molar-refractivity contribution in [2.24, 2.45) is 0 Å². The maximum Gasteiger partial charge on any atom is 0.246 e. The van der Waals surface area contributed by atoms with Gasteiger partial charge in [-0.3, -0.25) is 4.79 Å². The third kappa shape index (κ3) is 6.10. The summed E-state index contributed by atoms with van der Waals surface area (Å²) >= 11 is 0. The highest BCUT2D eigenvalue weighted by Gasteiger charge is 2.17. The lowest BCUT2D eigenvalue weighted by molar-refractivity contribution is -0.116. The van der Waals surface area contributed by atoms with Gasteiger partial charge in [-0.2, -0.15) is 0 Å². The lowest BCUT2D eigenvalue weighted by Crippen LogP contribution is -2.32. The Morgan fingerprint density at radius 1 is 0.966 bits per heavy atom. The minimum absolute atomic E-state index is 0.137. The summed E-state index contributed by atoms with van der Waals surface area (Å²) in [4.78, 5) is 12.6. The number of rotatable bonds is 9. The van der Waals surface area contributed by atoms with Crippen molar-refractivity contribution in [1.82, 2.24) is 4.72 Å². The Hall–Kier alpha value is -2.78. The van der Waals surface area contributed by atoms with E-state index in [4.69, 9.17) is 9.47 Å². The fraction of sp³-hybridized carbons (Fsp3) is 0.350. The molecule has 0 aliphatic heterocycles. The third-order valence-electron chi connectivity index (χ3n) is 4.00. The Bertz CT molecular complexity index is 943. The van der Waals surface area contributed by atoms with Crippen LogP contribution in [0.2, 0.25) is 0 Å². The first-order valence-corrected chi connectivity index (χ1v) is 10.6. The Balaban J connectivity index is 2.05. The van der Waals surface area contributed by atoms with Gasteiger partial charge in [-0.05, 0) is 57.2 Å². The molecule has 2 rings (SSSR count). The number of carbonyl (C=O) groups is 1. The maximum atomic E-state index is 12.5. The predicted molar refractivity (Wildman–Crippen MR) is 113 cm³/mol.